The topological polar surface area (TPSA) is 6.48 Å². The van der Waals surface area contributed by atoms with E-state index in [1.54, 1.807) is 0 Å². The molecule has 0 N–H and O–H groups in total. The average molecular weight is 595 g/mol. The summed E-state index contributed by atoms with van der Waals surface area (Å²) in [7, 11) is 0. The summed E-state index contributed by atoms with van der Waals surface area (Å²) >= 11 is 0. The van der Waals surface area contributed by atoms with E-state index in [0.717, 1.165) is 0 Å². The van der Waals surface area contributed by atoms with Crippen LogP contribution in [0.25, 0.3) is 11.1 Å². The molecule has 2 nitrogen and oxygen atoms in total. The van der Waals surface area contributed by atoms with Gasteiger partial charge >= 0.3 is 0 Å². The van der Waals surface area contributed by atoms with Crippen molar-refractivity contribution in [2.45, 2.75) is 39.8 Å². The van der Waals surface area contributed by atoms with Crippen LogP contribution in [0.2, 0.25) is 0 Å². The van der Waals surface area contributed by atoms with Gasteiger partial charge in [0.15, 0.2) is 0 Å². The molecule has 2 atom stereocenters. The molecule has 0 saturated heterocycles. The zero-order chi connectivity index (χ0) is 31.4. The third-order valence-corrected chi connectivity index (χ3v) is 9.69. The van der Waals surface area contributed by atoms with Crippen molar-refractivity contribution in [3.05, 3.63) is 190 Å². The van der Waals surface area contributed by atoms with Crippen LogP contribution in [-0.2, 0) is 0 Å². The summed E-state index contributed by atoms with van der Waals surface area (Å²) in [6, 6.07) is 54.3. The molecule has 0 bridgehead atoms. The maximum Gasteiger partial charge on any atom is 0.0860 e. The van der Waals surface area contributed by atoms with E-state index in [0.29, 0.717) is 0 Å². The lowest BCUT2D eigenvalue weighted by molar-refractivity contribution is 0.867. The normalized spacial score (nSPS) is 16.2. The van der Waals surface area contributed by atoms with Crippen LogP contribution in [-0.4, -0.2) is 0 Å². The molecule has 2 unspecified atom stereocenters. The molecular weight excluding hydrogens is 556 g/mol. The Labute approximate surface area is 272 Å². The highest BCUT2D eigenvalue weighted by molar-refractivity contribution is 6.09. The Hall–Kier alpha value is -5.34. The van der Waals surface area contributed by atoms with Gasteiger partial charge in [-0.2, -0.15) is 0 Å². The Balaban J connectivity index is 1.41. The van der Waals surface area contributed by atoms with Crippen molar-refractivity contribution in [2.24, 2.45) is 0 Å². The van der Waals surface area contributed by atoms with E-state index in [2.05, 4.69) is 183 Å². The molecule has 224 valence electrons. The van der Waals surface area contributed by atoms with Crippen LogP contribution >= 0.6 is 0 Å². The van der Waals surface area contributed by atoms with Crippen molar-refractivity contribution >= 4 is 33.9 Å². The van der Waals surface area contributed by atoms with Crippen LogP contribution in [0.5, 0.6) is 0 Å². The SMILES string of the molecule is Cc1ccc(N(c2ccc(C)cc2)C2C3=C(c4ccccc42)C(N(c2ccc(C)cc2)c2ccc(C)cc2)c2ccccc23)cc1. The second kappa shape index (κ2) is 11.2. The van der Waals surface area contributed by atoms with Crippen molar-refractivity contribution in [3.8, 4) is 0 Å². The molecule has 0 fully saturated rings. The number of fused-ring (bicyclic) bond motifs is 4. The molecule has 0 radical (unpaired) electrons. The molecule has 2 aliphatic carbocycles. The molecule has 2 aliphatic rings. The van der Waals surface area contributed by atoms with E-state index in [9.17, 15) is 0 Å². The number of rotatable bonds is 6. The van der Waals surface area contributed by atoms with Gasteiger partial charge in [0.05, 0.1) is 12.1 Å². The van der Waals surface area contributed by atoms with Crippen LogP contribution in [0.15, 0.2) is 146 Å². The van der Waals surface area contributed by atoms with Gasteiger partial charge in [-0.1, -0.05) is 119 Å². The van der Waals surface area contributed by atoms with E-state index in [1.165, 1.54) is 78.4 Å². The monoisotopic (exact) mass is 594 g/mol. The Bertz CT molecular complexity index is 1820. The van der Waals surface area contributed by atoms with Crippen LogP contribution in [0.4, 0.5) is 22.7 Å². The second-order valence-electron chi connectivity index (χ2n) is 12.9. The summed E-state index contributed by atoms with van der Waals surface area (Å²) in [5, 5.41) is 0. The van der Waals surface area contributed by atoms with E-state index < -0.39 is 0 Å². The summed E-state index contributed by atoms with van der Waals surface area (Å²) in [6.07, 6.45) is 0. The predicted octanol–water partition coefficient (Wildman–Crippen LogP) is 11.6. The Morgan fingerprint density at radius 2 is 0.587 bits per heavy atom. The van der Waals surface area contributed by atoms with Gasteiger partial charge in [-0.3, -0.25) is 0 Å². The van der Waals surface area contributed by atoms with Gasteiger partial charge in [-0.25, -0.2) is 0 Å². The predicted molar refractivity (Wildman–Crippen MR) is 194 cm³/mol. The van der Waals surface area contributed by atoms with Crippen molar-refractivity contribution in [3.63, 3.8) is 0 Å². The summed E-state index contributed by atoms with van der Waals surface area (Å²) < 4.78 is 0. The first kappa shape index (κ1) is 28.2. The van der Waals surface area contributed by atoms with Crippen LogP contribution in [0, 0.1) is 27.7 Å². The van der Waals surface area contributed by atoms with Crippen molar-refractivity contribution in [1.29, 1.82) is 0 Å². The molecule has 0 amide bonds. The summed E-state index contributed by atoms with van der Waals surface area (Å²) in [5.41, 5.74) is 18.0. The number of aryl methyl sites for hydroxylation is 4. The Morgan fingerprint density at radius 3 is 0.870 bits per heavy atom. The van der Waals surface area contributed by atoms with Crippen LogP contribution in [0.3, 0.4) is 0 Å². The zero-order valence-electron chi connectivity index (χ0n) is 26.9. The molecule has 2 heteroatoms. The lowest BCUT2D eigenvalue weighted by Gasteiger charge is -2.35. The summed E-state index contributed by atoms with van der Waals surface area (Å²) in [5.74, 6) is 0. The molecule has 6 aromatic carbocycles. The fourth-order valence-corrected chi connectivity index (χ4v) is 7.40. The number of hydrogen-bond acceptors (Lipinski definition) is 2. The average Bonchev–Trinajstić information content (AvgIpc) is 3.58. The molecule has 0 aromatic heterocycles. The molecule has 0 saturated carbocycles. The highest BCUT2D eigenvalue weighted by atomic mass is 15.2. The minimum Gasteiger partial charge on any atom is -0.330 e. The van der Waals surface area contributed by atoms with Gasteiger partial charge in [0.1, 0.15) is 0 Å². The minimum absolute atomic E-state index is 0.0145. The quantitative estimate of drug-likeness (QED) is 0.189. The first-order valence-corrected chi connectivity index (χ1v) is 16.3. The second-order valence-corrected chi connectivity index (χ2v) is 12.9. The Kier molecular flexibility index (Phi) is 6.87. The molecule has 8 rings (SSSR count). The molecular formula is C44H38N2. The molecule has 0 aliphatic heterocycles. The van der Waals surface area contributed by atoms with Gasteiger partial charge in [-0.05, 0) is 110 Å². The molecule has 46 heavy (non-hydrogen) atoms. The largest absolute Gasteiger partial charge is 0.330 e. The van der Waals surface area contributed by atoms with Crippen molar-refractivity contribution in [2.75, 3.05) is 9.80 Å². The van der Waals surface area contributed by atoms with E-state index in [4.69, 9.17) is 0 Å². The highest BCUT2D eigenvalue weighted by Gasteiger charge is 2.47. The zero-order valence-corrected chi connectivity index (χ0v) is 26.9. The maximum absolute atomic E-state index is 2.56. The highest BCUT2D eigenvalue weighted by Crippen LogP contribution is 2.62. The fraction of sp³-hybridized carbons (Fsp3) is 0.136. The van der Waals surface area contributed by atoms with Crippen LogP contribution < -0.4 is 9.80 Å². The van der Waals surface area contributed by atoms with E-state index in [1.807, 2.05) is 0 Å². The van der Waals surface area contributed by atoms with E-state index in [-0.39, 0.29) is 12.1 Å². The standard InChI is InChI=1S/C44H38N2/c1-29-13-21-33(22-14-29)45(34-23-15-30(2)16-24-34)43-39-11-7-5-9-37(39)42-41(43)38-10-6-8-12-40(38)44(42)46(35-25-17-31(3)18-26-35)36-27-19-32(4)20-28-36/h5-28,43-44H,1-4H3. The Morgan fingerprint density at radius 1 is 0.326 bits per heavy atom. The first-order chi connectivity index (χ1) is 22.5. The number of hydrogen-bond donors (Lipinski definition) is 0. The molecule has 6 aromatic rings. The smallest absolute Gasteiger partial charge is 0.0860 e. The van der Waals surface area contributed by atoms with Gasteiger partial charge in [0, 0.05) is 22.7 Å². The lowest BCUT2D eigenvalue weighted by Crippen LogP contribution is -2.25. The van der Waals surface area contributed by atoms with Gasteiger partial charge in [0.25, 0.3) is 0 Å². The minimum atomic E-state index is 0.0145. The fourth-order valence-electron chi connectivity index (χ4n) is 7.40. The first-order valence-electron chi connectivity index (χ1n) is 16.3. The van der Waals surface area contributed by atoms with Crippen molar-refractivity contribution < 1.29 is 0 Å². The third kappa shape index (κ3) is 4.64. The number of nitrogens with zero attached hydrogens (tertiary/aromatic N) is 2. The van der Waals surface area contributed by atoms with Crippen molar-refractivity contribution in [1.82, 2.24) is 0 Å². The van der Waals surface area contributed by atoms with Gasteiger partial charge in [-0.15, -0.1) is 0 Å². The maximum atomic E-state index is 2.56. The summed E-state index contributed by atoms with van der Waals surface area (Å²) in [4.78, 5) is 5.11. The summed E-state index contributed by atoms with van der Waals surface area (Å²) in [6.45, 7) is 8.64. The van der Waals surface area contributed by atoms with Crippen LogP contribution in [0.1, 0.15) is 56.6 Å². The number of benzene rings is 6. The molecule has 0 heterocycles. The van der Waals surface area contributed by atoms with E-state index >= 15 is 0 Å². The third-order valence-electron chi connectivity index (χ3n) is 9.69. The van der Waals surface area contributed by atoms with Gasteiger partial charge < -0.3 is 9.80 Å². The van der Waals surface area contributed by atoms with Gasteiger partial charge in [0.2, 0.25) is 0 Å². The molecule has 0 spiro atoms. The number of anilines is 4. The lowest BCUT2D eigenvalue weighted by atomic mass is 9.91.